The number of imide groups is 1. The van der Waals surface area contributed by atoms with E-state index in [0.29, 0.717) is 22.1 Å². The summed E-state index contributed by atoms with van der Waals surface area (Å²) in [6, 6.07) is 10.5. The number of allylic oxidation sites excluding steroid dienone is 2. The van der Waals surface area contributed by atoms with Gasteiger partial charge in [0.25, 0.3) is 11.1 Å². The molecule has 0 aliphatic carbocycles. The Kier molecular flexibility index (Phi) is 4.34. The molecule has 0 unspecified atom stereocenters. The summed E-state index contributed by atoms with van der Waals surface area (Å²) < 4.78 is 10.4. The zero-order valence-electron chi connectivity index (χ0n) is 12.3. The van der Waals surface area contributed by atoms with Crippen LogP contribution in [0.2, 0.25) is 0 Å². The molecule has 0 bridgehead atoms. The van der Waals surface area contributed by atoms with Crippen LogP contribution in [0.4, 0.5) is 10.5 Å². The van der Waals surface area contributed by atoms with E-state index < -0.39 is 0 Å². The molecule has 116 valence electrons. The molecule has 2 heterocycles. The molecule has 1 aliphatic rings. The van der Waals surface area contributed by atoms with Crippen molar-refractivity contribution < 1.29 is 18.7 Å². The number of methoxy groups -OCH3 is 1. The average molecular weight is 327 g/mol. The molecule has 23 heavy (non-hydrogen) atoms. The topological polar surface area (TPSA) is 59.8 Å². The lowest BCUT2D eigenvalue weighted by Crippen LogP contribution is -2.28. The van der Waals surface area contributed by atoms with Gasteiger partial charge in [0.1, 0.15) is 11.5 Å². The highest BCUT2D eigenvalue weighted by atomic mass is 32.2. The summed E-state index contributed by atoms with van der Waals surface area (Å²) >= 11 is 0.894. The molecule has 0 spiro atoms. The van der Waals surface area contributed by atoms with Crippen molar-refractivity contribution in [2.45, 2.75) is 0 Å². The Balaban J connectivity index is 1.85. The molecule has 1 fully saturated rings. The van der Waals surface area contributed by atoms with Crippen LogP contribution in [-0.4, -0.2) is 18.3 Å². The van der Waals surface area contributed by atoms with Crippen molar-refractivity contribution in [3.05, 3.63) is 65.5 Å². The Labute approximate surface area is 137 Å². The smallest absolute Gasteiger partial charge is 0.298 e. The molecule has 1 aromatic heterocycles. The standard InChI is InChI=1S/C17H13NO4S/c1-21-14-9-3-2-8-13(14)18-16(19)15(23-17(18)20)10-4-6-12-7-5-11-22-12/h2-11H,1H3/b6-4+,15-10-. The Morgan fingerprint density at radius 2 is 2.00 bits per heavy atom. The first-order chi connectivity index (χ1) is 11.2. The van der Waals surface area contributed by atoms with E-state index in [-0.39, 0.29) is 11.1 Å². The minimum absolute atomic E-state index is 0.350. The number of para-hydroxylation sites is 2. The number of carbonyl (C=O) groups is 2. The van der Waals surface area contributed by atoms with Crippen molar-refractivity contribution in [3.8, 4) is 5.75 Å². The number of benzene rings is 1. The van der Waals surface area contributed by atoms with Crippen LogP contribution in [0.25, 0.3) is 6.08 Å². The Bertz CT molecular complexity index is 793. The molecule has 3 rings (SSSR count). The maximum atomic E-state index is 12.5. The molecule has 0 N–H and O–H groups in total. The second-order valence-electron chi connectivity index (χ2n) is 4.59. The minimum atomic E-state index is -0.367. The molecule has 5 nitrogen and oxygen atoms in total. The molecule has 2 amide bonds. The fourth-order valence-electron chi connectivity index (χ4n) is 2.12. The number of furan rings is 1. The third kappa shape index (κ3) is 3.07. The lowest BCUT2D eigenvalue weighted by Gasteiger charge is -2.15. The molecule has 6 heteroatoms. The number of ether oxygens (including phenoxy) is 1. The van der Waals surface area contributed by atoms with Gasteiger partial charge in [-0.1, -0.05) is 18.2 Å². The second kappa shape index (κ2) is 6.58. The summed E-state index contributed by atoms with van der Waals surface area (Å²) in [4.78, 5) is 26.1. The highest BCUT2D eigenvalue weighted by Crippen LogP contribution is 2.38. The van der Waals surface area contributed by atoms with Gasteiger partial charge in [0, 0.05) is 0 Å². The molecule has 0 saturated carbocycles. The molecule has 2 aromatic rings. The van der Waals surface area contributed by atoms with Crippen molar-refractivity contribution in [1.82, 2.24) is 0 Å². The maximum absolute atomic E-state index is 12.5. The van der Waals surface area contributed by atoms with Crippen LogP contribution in [0.15, 0.2) is 64.1 Å². The van der Waals surface area contributed by atoms with E-state index in [1.165, 1.54) is 7.11 Å². The van der Waals surface area contributed by atoms with Gasteiger partial charge in [0.15, 0.2) is 0 Å². The fraction of sp³-hybridized carbons (Fsp3) is 0.0588. The molecule has 0 atom stereocenters. The van der Waals surface area contributed by atoms with Gasteiger partial charge >= 0.3 is 0 Å². The molecule has 1 aliphatic heterocycles. The summed E-state index contributed by atoms with van der Waals surface area (Å²) in [5.41, 5.74) is 0.441. The van der Waals surface area contributed by atoms with Crippen LogP contribution in [0.1, 0.15) is 5.76 Å². The zero-order chi connectivity index (χ0) is 16.2. The van der Waals surface area contributed by atoms with Crippen molar-refractivity contribution in [1.29, 1.82) is 0 Å². The lowest BCUT2D eigenvalue weighted by molar-refractivity contribution is -0.113. The molecule has 1 saturated heterocycles. The van der Waals surface area contributed by atoms with Gasteiger partial charge in [0.05, 0.1) is 24.0 Å². The number of amides is 2. The monoisotopic (exact) mass is 327 g/mol. The van der Waals surface area contributed by atoms with Crippen molar-refractivity contribution in [2.75, 3.05) is 12.0 Å². The summed E-state index contributed by atoms with van der Waals surface area (Å²) in [5.74, 6) is 0.779. The number of thioether (sulfide) groups is 1. The number of nitrogens with zero attached hydrogens (tertiary/aromatic N) is 1. The normalized spacial score (nSPS) is 16.7. The summed E-state index contributed by atoms with van der Waals surface area (Å²) in [7, 11) is 1.50. The van der Waals surface area contributed by atoms with Gasteiger partial charge in [-0.25, -0.2) is 4.90 Å². The summed E-state index contributed by atoms with van der Waals surface area (Å²) in [6.45, 7) is 0. The molecule has 1 aromatic carbocycles. The van der Waals surface area contributed by atoms with E-state index in [1.54, 1.807) is 60.9 Å². The van der Waals surface area contributed by atoms with Gasteiger partial charge < -0.3 is 9.15 Å². The SMILES string of the molecule is COc1ccccc1N1C(=O)S/C(=C\C=C\c2ccco2)C1=O. The Morgan fingerprint density at radius 1 is 1.17 bits per heavy atom. The van der Waals surface area contributed by atoms with E-state index in [0.717, 1.165) is 16.7 Å². The van der Waals surface area contributed by atoms with E-state index >= 15 is 0 Å². The predicted octanol–water partition coefficient (Wildman–Crippen LogP) is 4.09. The number of carbonyl (C=O) groups excluding carboxylic acids is 2. The Hall–Kier alpha value is -2.73. The predicted molar refractivity (Wildman–Crippen MR) is 89.3 cm³/mol. The number of hydrogen-bond donors (Lipinski definition) is 0. The van der Waals surface area contributed by atoms with Crippen LogP contribution < -0.4 is 9.64 Å². The van der Waals surface area contributed by atoms with Gasteiger partial charge in [0.2, 0.25) is 0 Å². The largest absolute Gasteiger partial charge is 0.495 e. The van der Waals surface area contributed by atoms with Crippen LogP contribution in [-0.2, 0) is 4.79 Å². The minimum Gasteiger partial charge on any atom is -0.495 e. The van der Waals surface area contributed by atoms with Gasteiger partial charge in [-0.15, -0.1) is 0 Å². The number of anilines is 1. The van der Waals surface area contributed by atoms with Crippen LogP contribution >= 0.6 is 11.8 Å². The van der Waals surface area contributed by atoms with Crippen molar-refractivity contribution in [2.24, 2.45) is 0 Å². The van der Waals surface area contributed by atoms with E-state index in [2.05, 4.69) is 0 Å². The Morgan fingerprint density at radius 3 is 2.74 bits per heavy atom. The highest BCUT2D eigenvalue weighted by molar-refractivity contribution is 8.18. The third-order valence-corrected chi connectivity index (χ3v) is 4.06. The van der Waals surface area contributed by atoms with Crippen molar-refractivity contribution in [3.63, 3.8) is 0 Å². The number of rotatable bonds is 4. The van der Waals surface area contributed by atoms with Crippen LogP contribution in [0.5, 0.6) is 5.75 Å². The average Bonchev–Trinajstić information content (AvgIpc) is 3.16. The van der Waals surface area contributed by atoms with Crippen LogP contribution in [0.3, 0.4) is 0 Å². The first-order valence-corrected chi connectivity index (χ1v) is 7.63. The van der Waals surface area contributed by atoms with Gasteiger partial charge in [-0.2, -0.15) is 0 Å². The second-order valence-corrected chi connectivity index (χ2v) is 5.58. The third-order valence-electron chi connectivity index (χ3n) is 3.17. The zero-order valence-corrected chi connectivity index (χ0v) is 13.1. The quantitative estimate of drug-likeness (QED) is 0.792. The van der Waals surface area contributed by atoms with E-state index in [1.807, 2.05) is 0 Å². The first-order valence-electron chi connectivity index (χ1n) is 6.82. The van der Waals surface area contributed by atoms with Crippen molar-refractivity contribution >= 4 is 34.7 Å². The summed E-state index contributed by atoms with van der Waals surface area (Å²) in [5, 5.41) is -0.350. The van der Waals surface area contributed by atoms with E-state index in [4.69, 9.17) is 9.15 Å². The maximum Gasteiger partial charge on any atom is 0.298 e. The molecular formula is C17H13NO4S. The first kappa shape index (κ1) is 15.2. The highest BCUT2D eigenvalue weighted by Gasteiger charge is 2.37. The lowest BCUT2D eigenvalue weighted by atomic mass is 10.2. The molecular weight excluding hydrogens is 314 g/mol. The van der Waals surface area contributed by atoms with Gasteiger partial charge in [-0.3, -0.25) is 9.59 Å². The molecule has 0 radical (unpaired) electrons. The summed E-state index contributed by atoms with van der Waals surface area (Å²) in [6.07, 6.45) is 6.56. The van der Waals surface area contributed by atoms with E-state index in [9.17, 15) is 9.59 Å². The van der Waals surface area contributed by atoms with Crippen LogP contribution in [0, 0.1) is 0 Å². The van der Waals surface area contributed by atoms with Gasteiger partial charge in [-0.05, 0) is 48.2 Å². The fourth-order valence-corrected chi connectivity index (χ4v) is 2.91. The number of hydrogen-bond acceptors (Lipinski definition) is 5.